The Labute approximate surface area is 161 Å². The van der Waals surface area contributed by atoms with Crippen molar-refractivity contribution < 1.29 is 4.79 Å². The molecule has 6 nitrogen and oxygen atoms in total. The van der Waals surface area contributed by atoms with Crippen molar-refractivity contribution in [3.63, 3.8) is 0 Å². The van der Waals surface area contributed by atoms with Crippen LogP contribution in [0.15, 0.2) is 24.4 Å². The van der Waals surface area contributed by atoms with Crippen LogP contribution in [0.4, 0.5) is 0 Å². The summed E-state index contributed by atoms with van der Waals surface area (Å²) in [5.74, 6) is 0.857. The zero-order valence-corrected chi connectivity index (χ0v) is 16.3. The van der Waals surface area contributed by atoms with E-state index in [2.05, 4.69) is 38.0 Å². The molecule has 5 heterocycles. The second kappa shape index (κ2) is 7.80. The van der Waals surface area contributed by atoms with E-state index in [0.717, 1.165) is 56.1 Å². The molecule has 0 saturated carbocycles. The van der Waals surface area contributed by atoms with Gasteiger partial charge < -0.3 is 4.90 Å². The highest BCUT2D eigenvalue weighted by Gasteiger charge is 2.36. The van der Waals surface area contributed by atoms with Gasteiger partial charge in [-0.05, 0) is 50.3 Å². The first kappa shape index (κ1) is 18.2. The van der Waals surface area contributed by atoms with Crippen LogP contribution in [0.5, 0.6) is 0 Å². The van der Waals surface area contributed by atoms with E-state index in [4.69, 9.17) is 0 Å². The van der Waals surface area contributed by atoms with Crippen molar-refractivity contribution in [2.75, 3.05) is 19.6 Å². The van der Waals surface area contributed by atoms with E-state index in [1.165, 1.54) is 12.0 Å². The third-order valence-electron chi connectivity index (χ3n) is 6.15. The van der Waals surface area contributed by atoms with Gasteiger partial charge in [0.2, 0.25) is 5.91 Å². The molecule has 2 bridgehead atoms. The lowest BCUT2D eigenvalue weighted by atomic mass is 9.94. The van der Waals surface area contributed by atoms with Crippen molar-refractivity contribution in [1.82, 2.24) is 25.0 Å². The van der Waals surface area contributed by atoms with E-state index >= 15 is 0 Å². The first-order chi connectivity index (χ1) is 13.1. The average Bonchev–Trinajstić information content (AvgIpc) is 2.84. The number of fused-ring (bicyclic) bond motifs is 4. The third kappa shape index (κ3) is 4.05. The molecule has 5 rings (SSSR count). The molecule has 1 amide bonds. The number of aryl methyl sites for hydroxylation is 2. The summed E-state index contributed by atoms with van der Waals surface area (Å²) in [5.41, 5.74) is 4.41. The summed E-state index contributed by atoms with van der Waals surface area (Å²) in [6.45, 7) is 7.90. The molecule has 0 aliphatic carbocycles. The second-order valence-corrected chi connectivity index (χ2v) is 8.08. The molecule has 0 spiro atoms. The van der Waals surface area contributed by atoms with Crippen LogP contribution >= 0.6 is 0 Å². The Morgan fingerprint density at radius 2 is 2.11 bits per heavy atom. The lowest BCUT2D eigenvalue weighted by Gasteiger charge is -2.36. The summed E-state index contributed by atoms with van der Waals surface area (Å²) < 4.78 is 0. The van der Waals surface area contributed by atoms with Gasteiger partial charge in [0.15, 0.2) is 0 Å². The fourth-order valence-corrected chi connectivity index (χ4v) is 4.48. The molecule has 0 aromatic carbocycles. The largest absolute Gasteiger partial charge is 0.338 e. The molecular weight excluding hydrogens is 338 g/mol. The Morgan fingerprint density at radius 1 is 1.22 bits per heavy atom. The smallest absolute Gasteiger partial charge is 0.223 e. The molecule has 0 radical (unpaired) electrons. The molecule has 2 atom stereocenters. The predicted octanol–water partition coefficient (Wildman–Crippen LogP) is 2.48. The SMILES string of the molecule is Cc1[nH]nc(CCC(=O)N2CC3CCC2CN(Cc2ccccn2)C3)c1C. The van der Waals surface area contributed by atoms with Crippen molar-refractivity contribution in [3.8, 4) is 0 Å². The number of aromatic nitrogens is 3. The number of carbonyl (C=O) groups excluding carboxylic acids is 1. The maximum atomic E-state index is 13.0. The minimum atomic E-state index is 0.282. The number of H-pyrrole nitrogens is 1. The van der Waals surface area contributed by atoms with Gasteiger partial charge in [0, 0.05) is 57.0 Å². The fourth-order valence-electron chi connectivity index (χ4n) is 4.48. The standard InChI is InChI=1S/C21H29N5O/c1-15-16(2)23-24-20(15)8-9-21(27)26-12-17-6-7-19(26)14-25(11-17)13-18-5-3-4-10-22-18/h3-5,10,17,19H,6-9,11-14H2,1-2H3,(H,23,24). The van der Waals surface area contributed by atoms with Gasteiger partial charge in [-0.15, -0.1) is 0 Å². The maximum Gasteiger partial charge on any atom is 0.223 e. The monoisotopic (exact) mass is 367 g/mol. The molecule has 6 heteroatoms. The second-order valence-electron chi connectivity index (χ2n) is 8.08. The van der Waals surface area contributed by atoms with E-state index in [1.54, 1.807) is 0 Å². The topological polar surface area (TPSA) is 65.1 Å². The molecule has 2 aromatic heterocycles. The van der Waals surface area contributed by atoms with Gasteiger partial charge in [-0.2, -0.15) is 5.10 Å². The summed E-state index contributed by atoms with van der Waals surface area (Å²) in [6, 6.07) is 6.42. The van der Waals surface area contributed by atoms with E-state index < -0.39 is 0 Å². The maximum absolute atomic E-state index is 13.0. The Morgan fingerprint density at radius 3 is 2.85 bits per heavy atom. The van der Waals surface area contributed by atoms with Crippen molar-refractivity contribution in [2.45, 2.75) is 52.1 Å². The molecule has 2 unspecified atom stereocenters. The molecule has 2 aromatic rings. The quantitative estimate of drug-likeness (QED) is 0.882. The van der Waals surface area contributed by atoms with Gasteiger partial charge >= 0.3 is 0 Å². The van der Waals surface area contributed by atoms with Gasteiger partial charge in [0.1, 0.15) is 0 Å². The van der Waals surface area contributed by atoms with Gasteiger partial charge in [0.05, 0.1) is 11.4 Å². The van der Waals surface area contributed by atoms with Crippen LogP contribution in [0.2, 0.25) is 0 Å². The van der Waals surface area contributed by atoms with Crippen molar-refractivity contribution in [1.29, 1.82) is 0 Å². The molecular formula is C21H29N5O. The highest BCUT2D eigenvalue weighted by atomic mass is 16.2. The van der Waals surface area contributed by atoms with Crippen LogP contribution in [0, 0.1) is 19.8 Å². The molecule has 3 fully saturated rings. The van der Waals surface area contributed by atoms with E-state index in [-0.39, 0.29) is 5.91 Å². The normalized spacial score (nSPS) is 22.8. The van der Waals surface area contributed by atoms with Crippen molar-refractivity contribution >= 4 is 5.91 Å². The van der Waals surface area contributed by atoms with E-state index in [1.807, 2.05) is 25.3 Å². The van der Waals surface area contributed by atoms with Crippen molar-refractivity contribution in [2.24, 2.45) is 5.92 Å². The lowest BCUT2D eigenvalue weighted by molar-refractivity contribution is -0.135. The highest BCUT2D eigenvalue weighted by Crippen LogP contribution is 2.29. The molecule has 3 aliphatic heterocycles. The predicted molar refractivity (Wildman–Crippen MR) is 104 cm³/mol. The minimum Gasteiger partial charge on any atom is -0.338 e. The van der Waals surface area contributed by atoms with Gasteiger partial charge in [-0.3, -0.25) is 19.8 Å². The van der Waals surface area contributed by atoms with Gasteiger partial charge in [-0.25, -0.2) is 0 Å². The molecule has 1 N–H and O–H groups in total. The summed E-state index contributed by atoms with van der Waals surface area (Å²) in [6.07, 6.45) is 5.48. The molecule has 27 heavy (non-hydrogen) atoms. The molecule has 144 valence electrons. The number of pyridine rings is 1. The molecule has 3 saturated heterocycles. The number of carbonyl (C=O) groups is 1. The Bertz CT molecular complexity index is 787. The average molecular weight is 367 g/mol. The number of hydrogen-bond donors (Lipinski definition) is 1. The number of nitrogens with one attached hydrogen (secondary N) is 1. The van der Waals surface area contributed by atoms with Crippen LogP contribution in [-0.4, -0.2) is 56.6 Å². The zero-order chi connectivity index (χ0) is 18.8. The van der Waals surface area contributed by atoms with Crippen molar-refractivity contribution in [3.05, 3.63) is 47.0 Å². The number of hydrogen-bond acceptors (Lipinski definition) is 4. The van der Waals surface area contributed by atoms with E-state index in [0.29, 0.717) is 18.4 Å². The summed E-state index contributed by atoms with van der Waals surface area (Å²) in [5, 5.41) is 7.37. The zero-order valence-electron chi connectivity index (χ0n) is 16.3. The summed E-state index contributed by atoms with van der Waals surface area (Å²) in [4.78, 5) is 22.1. The highest BCUT2D eigenvalue weighted by molar-refractivity contribution is 5.77. The number of nitrogens with zero attached hydrogens (tertiary/aromatic N) is 4. The number of rotatable bonds is 5. The number of aromatic amines is 1. The first-order valence-electron chi connectivity index (χ1n) is 10.0. The summed E-state index contributed by atoms with van der Waals surface area (Å²) in [7, 11) is 0. The van der Waals surface area contributed by atoms with Crippen LogP contribution in [0.3, 0.4) is 0 Å². The number of amides is 1. The summed E-state index contributed by atoms with van der Waals surface area (Å²) >= 11 is 0. The molecule has 3 aliphatic rings. The first-order valence-corrected chi connectivity index (χ1v) is 10.0. The van der Waals surface area contributed by atoms with Gasteiger partial charge in [-0.1, -0.05) is 6.07 Å². The van der Waals surface area contributed by atoms with Crippen LogP contribution < -0.4 is 0 Å². The Kier molecular flexibility index (Phi) is 5.25. The third-order valence-corrected chi connectivity index (χ3v) is 6.15. The van der Waals surface area contributed by atoms with Crippen LogP contribution in [0.1, 0.15) is 41.9 Å². The minimum absolute atomic E-state index is 0.282. The lowest BCUT2D eigenvalue weighted by Crippen LogP contribution is -2.47. The van der Waals surface area contributed by atoms with Gasteiger partial charge in [0.25, 0.3) is 0 Å². The number of piperidine rings is 1. The Balaban J connectivity index is 1.38. The van der Waals surface area contributed by atoms with Crippen LogP contribution in [-0.2, 0) is 17.8 Å². The fraction of sp³-hybridized carbons (Fsp3) is 0.571. The van der Waals surface area contributed by atoms with E-state index in [9.17, 15) is 4.79 Å². The Hall–Kier alpha value is -2.21. The van der Waals surface area contributed by atoms with Crippen LogP contribution in [0.25, 0.3) is 0 Å².